The van der Waals surface area contributed by atoms with Gasteiger partial charge in [0, 0.05) is 37.7 Å². The Hall–Kier alpha value is -2.04. The van der Waals surface area contributed by atoms with E-state index in [1.165, 1.54) is 31.2 Å². The maximum Gasteiger partial charge on any atom is 0.225 e. The highest BCUT2D eigenvalue weighted by molar-refractivity contribution is 5.94. The summed E-state index contributed by atoms with van der Waals surface area (Å²) >= 11 is 0. The Morgan fingerprint density at radius 1 is 1.28 bits per heavy atom. The van der Waals surface area contributed by atoms with E-state index in [0.717, 1.165) is 24.7 Å². The number of nitrogens with zero attached hydrogens (tertiary/aromatic N) is 1. The Morgan fingerprint density at radius 3 is 2.80 bits per heavy atom. The molecule has 0 radical (unpaired) electrons. The number of hydrogen-bond donors (Lipinski definition) is 3. The molecule has 1 aliphatic carbocycles. The smallest absolute Gasteiger partial charge is 0.225 e. The third-order valence-electron chi connectivity index (χ3n) is 5.40. The average Bonchev–Trinajstić information content (AvgIpc) is 3.04. The highest BCUT2D eigenvalue weighted by Crippen LogP contribution is 2.37. The molecule has 1 atom stereocenters. The number of rotatable bonds is 5. The Kier molecular flexibility index (Phi) is 5.61. The molecule has 0 spiro atoms. The molecule has 5 heteroatoms. The average molecular weight is 342 g/mol. The fraction of sp³-hybridized carbons (Fsp3) is 0.600. The fourth-order valence-corrected chi connectivity index (χ4v) is 3.90. The van der Waals surface area contributed by atoms with E-state index < -0.39 is 0 Å². The van der Waals surface area contributed by atoms with Crippen molar-refractivity contribution in [3.05, 3.63) is 29.8 Å². The highest BCUT2D eigenvalue weighted by Gasteiger charge is 2.28. The largest absolute Gasteiger partial charge is 0.357 e. The number of carbonyl (C=O) groups excluding carboxylic acids is 1. The Morgan fingerprint density at radius 2 is 2.04 bits per heavy atom. The van der Waals surface area contributed by atoms with Gasteiger partial charge in [-0.25, -0.2) is 0 Å². The molecule has 1 fully saturated rings. The van der Waals surface area contributed by atoms with Gasteiger partial charge in [-0.2, -0.15) is 0 Å². The van der Waals surface area contributed by atoms with Crippen LogP contribution in [0.25, 0.3) is 0 Å². The first-order valence-electron chi connectivity index (χ1n) is 9.50. The monoisotopic (exact) mass is 342 g/mol. The number of benzene rings is 1. The molecule has 25 heavy (non-hydrogen) atoms. The molecule has 1 aromatic rings. The molecule has 1 aromatic carbocycles. The third-order valence-corrected chi connectivity index (χ3v) is 5.40. The van der Waals surface area contributed by atoms with E-state index >= 15 is 0 Å². The van der Waals surface area contributed by atoms with Gasteiger partial charge >= 0.3 is 0 Å². The van der Waals surface area contributed by atoms with Crippen molar-refractivity contribution >= 4 is 17.6 Å². The van der Waals surface area contributed by atoms with E-state index in [4.69, 9.17) is 4.99 Å². The SMILES string of the molecule is CCNC(=NCC1(C)CCCC1)NCC1CC(=O)Nc2ccccc21. The predicted molar refractivity (Wildman–Crippen MR) is 103 cm³/mol. The van der Waals surface area contributed by atoms with Gasteiger partial charge in [0.25, 0.3) is 0 Å². The van der Waals surface area contributed by atoms with Gasteiger partial charge in [0.15, 0.2) is 5.96 Å². The molecule has 5 nitrogen and oxygen atoms in total. The first-order chi connectivity index (χ1) is 12.1. The van der Waals surface area contributed by atoms with Gasteiger partial charge < -0.3 is 16.0 Å². The molecular formula is C20H30N4O. The molecule has 2 aliphatic rings. The van der Waals surface area contributed by atoms with Crippen LogP contribution >= 0.6 is 0 Å². The second-order valence-corrected chi connectivity index (χ2v) is 7.63. The summed E-state index contributed by atoms with van der Waals surface area (Å²) in [5.41, 5.74) is 2.49. The lowest BCUT2D eigenvalue weighted by Crippen LogP contribution is -2.41. The molecule has 3 rings (SSSR count). The van der Waals surface area contributed by atoms with Crippen molar-refractivity contribution in [2.45, 2.75) is 51.9 Å². The zero-order chi connectivity index (χ0) is 17.7. The number of amides is 1. The van der Waals surface area contributed by atoms with Crippen molar-refractivity contribution in [3.63, 3.8) is 0 Å². The van der Waals surface area contributed by atoms with Crippen LogP contribution in [0.3, 0.4) is 0 Å². The summed E-state index contributed by atoms with van der Waals surface area (Å²) in [5.74, 6) is 1.13. The molecule has 136 valence electrons. The normalized spacial score (nSPS) is 22.2. The summed E-state index contributed by atoms with van der Waals surface area (Å²) in [5, 5.41) is 9.75. The molecule has 1 unspecified atom stereocenters. The summed E-state index contributed by atoms with van der Waals surface area (Å²) in [4.78, 5) is 16.8. The van der Waals surface area contributed by atoms with Crippen LogP contribution in [0.5, 0.6) is 0 Å². The molecule has 1 aliphatic heterocycles. The van der Waals surface area contributed by atoms with Crippen LogP contribution in [-0.2, 0) is 4.79 Å². The van der Waals surface area contributed by atoms with Crippen LogP contribution in [0.2, 0.25) is 0 Å². The van der Waals surface area contributed by atoms with Gasteiger partial charge in [0.1, 0.15) is 0 Å². The van der Waals surface area contributed by atoms with Crippen molar-refractivity contribution in [2.24, 2.45) is 10.4 Å². The minimum absolute atomic E-state index is 0.0888. The maximum atomic E-state index is 12.0. The molecule has 1 heterocycles. The number of aliphatic imine (C=N–C) groups is 1. The van der Waals surface area contributed by atoms with Crippen LogP contribution in [0, 0.1) is 5.41 Å². The van der Waals surface area contributed by atoms with Crippen LogP contribution in [0.15, 0.2) is 29.3 Å². The summed E-state index contributed by atoms with van der Waals surface area (Å²) in [6.07, 6.45) is 5.70. The van der Waals surface area contributed by atoms with Gasteiger partial charge in [-0.05, 0) is 36.8 Å². The van der Waals surface area contributed by atoms with Crippen molar-refractivity contribution in [1.29, 1.82) is 0 Å². The second kappa shape index (κ2) is 7.89. The molecule has 0 bridgehead atoms. The fourth-order valence-electron chi connectivity index (χ4n) is 3.90. The molecule has 1 amide bonds. The van der Waals surface area contributed by atoms with Gasteiger partial charge in [-0.1, -0.05) is 38.0 Å². The lowest BCUT2D eigenvalue weighted by Gasteiger charge is -2.27. The number of guanidine groups is 1. The van der Waals surface area contributed by atoms with E-state index in [1.807, 2.05) is 18.2 Å². The lowest BCUT2D eigenvalue weighted by atomic mass is 9.89. The van der Waals surface area contributed by atoms with E-state index in [9.17, 15) is 4.79 Å². The summed E-state index contributed by atoms with van der Waals surface area (Å²) < 4.78 is 0. The Balaban J connectivity index is 1.64. The van der Waals surface area contributed by atoms with Crippen molar-refractivity contribution < 1.29 is 4.79 Å². The number of para-hydroxylation sites is 1. The van der Waals surface area contributed by atoms with Gasteiger partial charge in [-0.3, -0.25) is 9.79 Å². The van der Waals surface area contributed by atoms with E-state index in [1.54, 1.807) is 0 Å². The van der Waals surface area contributed by atoms with Gasteiger partial charge in [0.2, 0.25) is 5.91 Å². The lowest BCUT2D eigenvalue weighted by molar-refractivity contribution is -0.116. The van der Waals surface area contributed by atoms with Gasteiger partial charge in [0.05, 0.1) is 0 Å². The zero-order valence-corrected chi connectivity index (χ0v) is 15.4. The first-order valence-corrected chi connectivity index (χ1v) is 9.50. The van der Waals surface area contributed by atoms with E-state index in [0.29, 0.717) is 18.4 Å². The maximum absolute atomic E-state index is 12.0. The Labute approximate surface area is 150 Å². The van der Waals surface area contributed by atoms with Crippen LogP contribution < -0.4 is 16.0 Å². The second-order valence-electron chi connectivity index (χ2n) is 7.63. The van der Waals surface area contributed by atoms with Crippen LogP contribution in [0.1, 0.15) is 57.4 Å². The minimum atomic E-state index is 0.0888. The molecule has 1 saturated carbocycles. The first kappa shape index (κ1) is 17.8. The predicted octanol–water partition coefficient (Wildman–Crippen LogP) is 3.25. The number of anilines is 1. The van der Waals surface area contributed by atoms with E-state index in [2.05, 4.69) is 35.9 Å². The van der Waals surface area contributed by atoms with E-state index in [-0.39, 0.29) is 11.8 Å². The number of hydrogen-bond acceptors (Lipinski definition) is 2. The molecule has 0 aromatic heterocycles. The number of fused-ring (bicyclic) bond motifs is 1. The van der Waals surface area contributed by atoms with Crippen molar-refractivity contribution in [2.75, 3.05) is 25.0 Å². The van der Waals surface area contributed by atoms with Crippen molar-refractivity contribution in [1.82, 2.24) is 10.6 Å². The number of carbonyl (C=O) groups is 1. The van der Waals surface area contributed by atoms with Crippen LogP contribution in [-0.4, -0.2) is 31.5 Å². The minimum Gasteiger partial charge on any atom is -0.357 e. The quantitative estimate of drug-likeness (QED) is 0.568. The summed E-state index contributed by atoms with van der Waals surface area (Å²) in [6.45, 7) is 6.84. The van der Waals surface area contributed by atoms with Crippen LogP contribution in [0.4, 0.5) is 5.69 Å². The summed E-state index contributed by atoms with van der Waals surface area (Å²) in [7, 11) is 0. The molecule has 0 saturated heterocycles. The van der Waals surface area contributed by atoms with Gasteiger partial charge in [-0.15, -0.1) is 0 Å². The summed E-state index contributed by atoms with van der Waals surface area (Å²) in [6, 6.07) is 8.07. The van der Waals surface area contributed by atoms with Crippen molar-refractivity contribution in [3.8, 4) is 0 Å². The number of nitrogens with one attached hydrogen (secondary N) is 3. The Bertz CT molecular complexity index is 634. The molecule has 3 N–H and O–H groups in total. The third kappa shape index (κ3) is 4.53. The molecular weight excluding hydrogens is 312 g/mol. The standard InChI is InChI=1S/C20H30N4O/c1-3-21-19(23-14-20(2)10-6-7-11-20)22-13-15-12-18(25)24-17-9-5-4-8-16(15)17/h4-5,8-9,15H,3,6-7,10-14H2,1-2H3,(H,24,25)(H2,21,22,23). The topological polar surface area (TPSA) is 65.5 Å². The highest BCUT2D eigenvalue weighted by atomic mass is 16.1. The zero-order valence-electron chi connectivity index (χ0n) is 15.4.